The first-order chi connectivity index (χ1) is 11.3. The van der Waals surface area contributed by atoms with E-state index in [0.717, 1.165) is 11.1 Å². The molecule has 0 aliphatic heterocycles. The zero-order valence-electron chi connectivity index (χ0n) is 12.4. The zero-order valence-corrected chi connectivity index (χ0v) is 13.2. The summed E-state index contributed by atoms with van der Waals surface area (Å²) in [6, 6.07) is 13.7. The first-order valence-corrected chi connectivity index (χ1v) is 8.17. The van der Waals surface area contributed by atoms with Crippen LogP contribution in [0.1, 0.15) is 10.4 Å². The van der Waals surface area contributed by atoms with Crippen LogP contribution >= 0.6 is 11.8 Å². The Kier molecular flexibility index (Phi) is 4.63. The molecule has 1 amide bonds. The van der Waals surface area contributed by atoms with Crippen LogP contribution in [0.25, 0.3) is 11.1 Å². The molecule has 0 saturated heterocycles. The van der Waals surface area contributed by atoms with E-state index in [1.54, 1.807) is 12.3 Å². The Hall–Kier alpha value is -2.73. The highest BCUT2D eigenvalue weighted by atomic mass is 32.2. The Morgan fingerprint density at radius 2 is 1.83 bits per heavy atom. The van der Waals surface area contributed by atoms with Crippen molar-refractivity contribution in [2.75, 3.05) is 11.6 Å². The maximum Gasteiger partial charge on any atom is 0.261 e. The van der Waals surface area contributed by atoms with Crippen molar-refractivity contribution in [3.8, 4) is 11.1 Å². The number of carbonyl (C=O) groups is 1. The highest BCUT2D eigenvalue weighted by molar-refractivity contribution is 7.98. The maximum atomic E-state index is 12.3. The lowest BCUT2D eigenvalue weighted by molar-refractivity contribution is 0.102. The van der Waals surface area contributed by atoms with Gasteiger partial charge in [0.25, 0.3) is 5.91 Å². The molecular weight excluding hydrogens is 308 g/mol. The summed E-state index contributed by atoms with van der Waals surface area (Å²) in [6.45, 7) is 0. The quantitative estimate of drug-likeness (QED) is 0.588. The highest BCUT2D eigenvalue weighted by Gasteiger charge is 2.13. The fourth-order valence-corrected chi connectivity index (χ4v) is 2.61. The summed E-state index contributed by atoms with van der Waals surface area (Å²) in [6.07, 6.45) is 6.54. The van der Waals surface area contributed by atoms with Gasteiger partial charge in [-0.05, 0) is 24.0 Å². The number of benzene rings is 1. The van der Waals surface area contributed by atoms with E-state index >= 15 is 0 Å². The minimum Gasteiger partial charge on any atom is -0.306 e. The molecule has 3 aromatic rings. The van der Waals surface area contributed by atoms with Crippen molar-refractivity contribution in [1.29, 1.82) is 0 Å². The molecule has 2 heterocycles. The molecule has 1 aromatic carbocycles. The monoisotopic (exact) mass is 322 g/mol. The van der Waals surface area contributed by atoms with Crippen LogP contribution in [-0.2, 0) is 0 Å². The molecule has 6 heteroatoms. The predicted molar refractivity (Wildman–Crippen MR) is 91.4 cm³/mol. The molecule has 0 aliphatic carbocycles. The average Bonchev–Trinajstić information content (AvgIpc) is 2.63. The van der Waals surface area contributed by atoms with Gasteiger partial charge in [0.05, 0.1) is 5.56 Å². The third-order valence-electron chi connectivity index (χ3n) is 3.23. The molecule has 0 bridgehead atoms. The van der Waals surface area contributed by atoms with Crippen molar-refractivity contribution in [2.45, 2.75) is 5.03 Å². The fraction of sp³-hybridized carbons (Fsp3) is 0.0588. The molecule has 0 fully saturated rings. The topological polar surface area (TPSA) is 67.8 Å². The lowest BCUT2D eigenvalue weighted by Crippen LogP contribution is -2.14. The number of amides is 1. The molecule has 0 spiro atoms. The number of hydrogen-bond donors (Lipinski definition) is 1. The molecule has 23 heavy (non-hydrogen) atoms. The number of anilines is 1. The minimum absolute atomic E-state index is 0.269. The van der Waals surface area contributed by atoms with E-state index in [2.05, 4.69) is 20.3 Å². The predicted octanol–water partition coefficient (Wildman–Crippen LogP) is 3.51. The summed E-state index contributed by atoms with van der Waals surface area (Å²) < 4.78 is 0. The van der Waals surface area contributed by atoms with E-state index in [4.69, 9.17) is 0 Å². The summed E-state index contributed by atoms with van der Waals surface area (Å²) >= 11 is 1.40. The van der Waals surface area contributed by atoms with E-state index in [1.807, 2.05) is 42.7 Å². The van der Waals surface area contributed by atoms with Crippen LogP contribution in [0.3, 0.4) is 0 Å². The van der Waals surface area contributed by atoms with Gasteiger partial charge in [0.15, 0.2) is 0 Å². The Labute approximate surface area is 138 Å². The molecule has 114 valence electrons. The summed E-state index contributed by atoms with van der Waals surface area (Å²) in [5, 5.41) is 3.41. The molecule has 2 aromatic heterocycles. The number of pyridine rings is 1. The molecule has 0 saturated carbocycles. The third-order valence-corrected chi connectivity index (χ3v) is 3.94. The second-order valence-electron chi connectivity index (χ2n) is 4.70. The summed E-state index contributed by atoms with van der Waals surface area (Å²) in [7, 11) is 0. The van der Waals surface area contributed by atoms with Gasteiger partial charge in [-0.1, -0.05) is 30.3 Å². The second kappa shape index (κ2) is 7.02. The van der Waals surface area contributed by atoms with Crippen LogP contribution in [0.2, 0.25) is 0 Å². The minimum atomic E-state index is -0.269. The maximum absolute atomic E-state index is 12.3. The summed E-state index contributed by atoms with van der Waals surface area (Å²) in [5.41, 5.74) is 2.52. The second-order valence-corrected chi connectivity index (χ2v) is 5.49. The Balaban J connectivity index is 1.77. The number of hydrogen-bond acceptors (Lipinski definition) is 5. The van der Waals surface area contributed by atoms with E-state index in [-0.39, 0.29) is 5.91 Å². The molecule has 1 N–H and O–H groups in total. The van der Waals surface area contributed by atoms with Crippen LogP contribution in [0, 0.1) is 0 Å². The zero-order chi connectivity index (χ0) is 16.1. The Morgan fingerprint density at radius 3 is 2.52 bits per heavy atom. The van der Waals surface area contributed by atoms with Gasteiger partial charge in [-0.3, -0.25) is 4.79 Å². The normalized spacial score (nSPS) is 10.3. The summed E-state index contributed by atoms with van der Waals surface area (Å²) in [5.74, 6) is 0.223. The fourth-order valence-electron chi connectivity index (χ4n) is 2.09. The van der Waals surface area contributed by atoms with Crippen LogP contribution in [0.15, 0.2) is 66.2 Å². The Morgan fingerprint density at radius 1 is 1.00 bits per heavy atom. The van der Waals surface area contributed by atoms with Gasteiger partial charge in [-0.25, -0.2) is 15.0 Å². The molecule has 0 aliphatic rings. The lowest BCUT2D eigenvalue weighted by atomic mass is 10.1. The smallest absolute Gasteiger partial charge is 0.261 e. The number of nitrogens with one attached hydrogen (secondary N) is 1. The van der Waals surface area contributed by atoms with E-state index < -0.39 is 0 Å². The number of rotatable bonds is 4. The van der Waals surface area contributed by atoms with Gasteiger partial charge in [0, 0.05) is 18.0 Å². The van der Waals surface area contributed by atoms with E-state index in [1.165, 1.54) is 24.3 Å². The standard InChI is InChI=1S/C17H14N4OS/c1-23-17-14(10-18-11-20-17)16(22)21-15-8-7-13(9-19-15)12-5-3-2-4-6-12/h2-11H,1H3,(H,19,21,22). The van der Waals surface area contributed by atoms with Crippen molar-refractivity contribution in [3.63, 3.8) is 0 Å². The number of aromatic nitrogens is 3. The summed E-state index contributed by atoms with van der Waals surface area (Å²) in [4.78, 5) is 24.6. The first-order valence-electron chi connectivity index (χ1n) is 6.95. The van der Waals surface area contributed by atoms with Crippen LogP contribution in [-0.4, -0.2) is 27.1 Å². The van der Waals surface area contributed by atoms with Crippen molar-refractivity contribution in [2.24, 2.45) is 0 Å². The average molecular weight is 322 g/mol. The van der Waals surface area contributed by atoms with Crippen LogP contribution in [0.4, 0.5) is 5.82 Å². The first kappa shape index (κ1) is 15.2. The van der Waals surface area contributed by atoms with Crippen molar-refractivity contribution in [1.82, 2.24) is 15.0 Å². The molecular formula is C17H14N4OS. The number of thioether (sulfide) groups is 1. The van der Waals surface area contributed by atoms with E-state index in [9.17, 15) is 4.79 Å². The largest absolute Gasteiger partial charge is 0.306 e. The highest BCUT2D eigenvalue weighted by Crippen LogP contribution is 2.20. The Bertz CT molecular complexity index is 806. The molecule has 5 nitrogen and oxygen atoms in total. The van der Waals surface area contributed by atoms with Crippen molar-refractivity contribution < 1.29 is 4.79 Å². The number of nitrogens with zero attached hydrogens (tertiary/aromatic N) is 3. The third kappa shape index (κ3) is 3.54. The number of carbonyl (C=O) groups excluding carboxylic acids is 1. The van der Waals surface area contributed by atoms with Crippen LogP contribution < -0.4 is 5.32 Å². The van der Waals surface area contributed by atoms with Gasteiger partial charge < -0.3 is 5.32 Å². The van der Waals surface area contributed by atoms with Crippen molar-refractivity contribution >= 4 is 23.5 Å². The van der Waals surface area contributed by atoms with Gasteiger partial charge >= 0.3 is 0 Å². The van der Waals surface area contributed by atoms with Gasteiger partial charge in [-0.15, -0.1) is 11.8 Å². The molecule has 0 atom stereocenters. The van der Waals surface area contributed by atoms with E-state index in [0.29, 0.717) is 16.4 Å². The molecule has 0 unspecified atom stereocenters. The van der Waals surface area contributed by atoms with Gasteiger partial charge in [-0.2, -0.15) is 0 Å². The van der Waals surface area contributed by atoms with Crippen LogP contribution in [0.5, 0.6) is 0 Å². The lowest BCUT2D eigenvalue weighted by Gasteiger charge is -2.07. The van der Waals surface area contributed by atoms with Gasteiger partial charge in [0.1, 0.15) is 17.2 Å². The molecule has 3 rings (SSSR count). The molecule has 0 radical (unpaired) electrons. The van der Waals surface area contributed by atoms with Gasteiger partial charge in [0.2, 0.25) is 0 Å². The SMILES string of the molecule is CSc1ncncc1C(=O)Nc1ccc(-c2ccccc2)cn1. The van der Waals surface area contributed by atoms with Crippen molar-refractivity contribution in [3.05, 3.63) is 66.7 Å².